The first-order valence-electron chi connectivity index (χ1n) is 5.83. The van der Waals surface area contributed by atoms with Gasteiger partial charge >= 0.3 is 0 Å². The summed E-state index contributed by atoms with van der Waals surface area (Å²) in [7, 11) is 0. The van der Waals surface area contributed by atoms with E-state index in [9.17, 15) is 10.2 Å². The molecule has 17 heavy (non-hydrogen) atoms. The fourth-order valence-corrected chi connectivity index (χ4v) is 1.71. The molecule has 2 unspecified atom stereocenters. The molecule has 96 valence electrons. The summed E-state index contributed by atoms with van der Waals surface area (Å²) in [4.78, 5) is 0. The van der Waals surface area contributed by atoms with E-state index in [1.54, 1.807) is 6.07 Å². The maximum Gasteiger partial charge on any atom is 0.107 e. The Bertz CT molecular complexity index is 366. The smallest absolute Gasteiger partial charge is 0.107 e. The van der Waals surface area contributed by atoms with Gasteiger partial charge in [-0.05, 0) is 24.0 Å². The lowest BCUT2D eigenvalue weighted by Crippen LogP contribution is -2.20. The third-order valence-corrected chi connectivity index (χ3v) is 2.89. The first kappa shape index (κ1) is 14.0. The Morgan fingerprint density at radius 2 is 1.88 bits per heavy atom. The molecular weight excluding hydrogens is 218 g/mol. The third-order valence-electron chi connectivity index (χ3n) is 2.89. The largest absolute Gasteiger partial charge is 0.398 e. The maximum absolute atomic E-state index is 9.97. The molecule has 5 N–H and O–H groups in total. The van der Waals surface area contributed by atoms with Gasteiger partial charge in [0.25, 0.3) is 0 Å². The normalized spacial score (nSPS) is 14.9. The average molecular weight is 239 g/mol. The lowest BCUT2D eigenvalue weighted by atomic mass is 9.94. The van der Waals surface area contributed by atoms with Crippen molar-refractivity contribution in [3.05, 3.63) is 29.3 Å². The van der Waals surface area contributed by atoms with E-state index >= 15 is 0 Å². The van der Waals surface area contributed by atoms with Crippen molar-refractivity contribution in [1.29, 1.82) is 0 Å². The van der Waals surface area contributed by atoms with Crippen molar-refractivity contribution in [2.24, 2.45) is 0 Å². The minimum Gasteiger partial charge on any atom is -0.398 e. The van der Waals surface area contributed by atoms with Crippen LogP contribution in [0.1, 0.15) is 43.4 Å². The molecule has 4 nitrogen and oxygen atoms in total. The van der Waals surface area contributed by atoms with Gasteiger partial charge in [-0.25, -0.2) is 0 Å². The van der Waals surface area contributed by atoms with Crippen LogP contribution in [0.3, 0.4) is 0 Å². The number of anilines is 1. The van der Waals surface area contributed by atoms with E-state index in [1.807, 2.05) is 26.0 Å². The number of aliphatic hydroxyl groups is 3. The van der Waals surface area contributed by atoms with Crippen molar-refractivity contribution in [3.63, 3.8) is 0 Å². The number of nitrogens with two attached hydrogens (primary N) is 1. The summed E-state index contributed by atoms with van der Waals surface area (Å²) in [6.45, 7) is 3.93. The summed E-state index contributed by atoms with van der Waals surface area (Å²) in [5.41, 5.74) is 7.83. The second-order valence-corrected chi connectivity index (χ2v) is 4.57. The zero-order valence-corrected chi connectivity index (χ0v) is 10.3. The standard InChI is InChI=1S/C13H21NO3/c1-8(2)9-3-4-11(14)10(7-9)13(17)12(16)5-6-15/h3-4,7-8,12-13,15-17H,5-6,14H2,1-2H3. The van der Waals surface area contributed by atoms with Crippen LogP contribution in [0.2, 0.25) is 0 Å². The van der Waals surface area contributed by atoms with Crippen molar-refractivity contribution in [2.75, 3.05) is 12.3 Å². The first-order valence-corrected chi connectivity index (χ1v) is 5.83. The van der Waals surface area contributed by atoms with Gasteiger partial charge in [0, 0.05) is 17.9 Å². The topological polar surface area (TPSA) is 86.7 Å². The number of hydrogen-bond donors (Lipinski definition) is 4. The molecule has 0 saturated carbocycles. The van der Waals surface area contributed by atoms with Crippen molar-refractivity contribution in [1.82, 2.24) is 0 Å². The van der Waals surface area contributed by atoms with Gasteiger partial charge in [0.2, 0.25) is 0 Å². The maximum atomic E-state index is 9.97. The van der Waals surface area contributed by atoms with Gasteiger partial charge in [-0.3, -0.25) is 0 Å². The van der Waals surface area contributed by atoms with Gasteiger partial charge in [-0.2, -0.15) is 0 Å². The van der Waals surface area contributed by atoms with E-state index in [1.165, 1.54) is 0 Å². The van der Waals surface area contributed by atoms with Crippen molar-refractivity contribution >= 4 is 5.69 Å². The molecule has 0 fully saturated rings. The average Bonchev–Trinajstić information content (AvgIpc) is 2.28. The summed E-state index contributed by atoms with van der Waals surface area (Å²) in [5.74, 6) is 0.330. The van der Waals surface area contributed by atoms with Gasteiger partial charge in [0.1, 0.15) is 6.10 Å². The molecule has 0 amide bonds. The molecule has 1 aromatic rings. The lowest BCUT2D eigenvalue weighted by molar-refractivity contribution is 0.00456. The SMILES string of the molecule is CC(C)c1ccc(N)c(C(O)C(O)CCO)c1. The molecule has 0 spiro atoms. The Hall–Kier alpha value is -1.10. The van der Waals surface area contributed by atoms with Crippen LogP contribution in [-0.4, -0.2) is 28.0 Å². The molecule has 0 heterocycles. The highest BCUT2D eigenvalue weighted by Gasteiger charge is 2.20. The Morgan fingerprint density at radius 1 is 1.24 bits per heavy atom. The number of rotatable bonds is 5. The zero-order valence-electron chi connectivity index (χ0n) is 10.3. The zero-order chi connectivity index (χ0) is 13.0. The van der Waals surface area contributed by atoms with Gasteiger partial charge in [0.05, 0.1) is 6.10 Å². The second kappa shape index (κ2) is 6.00. The molecule has 1 aromatic carbocycles. The van der Waals surface area contributed by atoms with E-state index in [2.05, 4.69) is 0 Å². The molecule has 4 heteroatoms. The molecule has 0 aromatic heterocycles. The van der Waals surface area contributed by atoms with E-state index in [0.29, 0.717) is 17.2 Å². The number of hydrogen-bond acceptors (Lipinski definition) is 4. The summed E-state index contributed by atoms with van der Waals surface area (Å²) in [6.07, 6.45) is -1.92. The van der Waals surface area contributed by atoms with Crippen LogP contribution in [0, 0.1) is 0 Å². The molecule has 1 rings (SSSR count). The predicted octanol–water partition coefficient (Wildman–Crippen LogP) is 1.17. The van der Waals surface area contributed by atoms with Crippen molar-refractivity contribution in [3.8, 4) is 0 Å². The fourth-order valence-electron chi connectivity index (χ4n) is 1.71. The highest BCUT2D eigenvalue weighted by Crippen LogP contribution is 2.28. The fraction of sp³-hybridized carbons (Fsp3) is 0.538. The minimum atomic E-state index is -1.05. The first-order chi connectivity index (χ1) is 7.97. The van der Waals surface area contributed by atoms with Crippen LogP contribution in [-0.2, 0) is 0 Å². The summed E-state index contributed by atoms with van der Waals surface area (Å²) in [5, 5.41) is 28.4. The predicted molar refractivity (Wildman–Crippen MR) is 67.6 cm³/mol. The Kier molecular flexibility index (Phi) is 4.93. The van der Waals surface area contributed by atoms with Crippen LogP contribution in [0.4, 0.5) is 5.69 Å². The molecule has 0 aliphatic carbocycles. The van der Waals surface area contributed by atoms with Crippen LogP contribution < -0.4 is 5.73 Å². The van der Waals surface area contributed by atoms with Crippen LogP contribution in [0.15, 0.2) is 18.2 Å². The van der Waals surface area contributed by atoms with E-state index in [-0.39, 0.29) is 13.0 Å². The lowest BCUT2D eigenvalue weighted by Gasteiger charge is -2.20. The summed E-state index contributed by atoms with van der Waals surface area (Å²) < 4.78 is 0. The highest BCUT2D eigenvalue weighted by atomic mass is 16.3. The van der Waals surface area contributed by atoms with Crippen LogP contribution >= 0.6 is 0 Å². The Balaban J connectivity index is 2.99. The summed E-state index contributed by atoms with van der Waals surface area (Å²) >= 11 is 0. The quantitative estimate of drug-likeness (QED) is 0.581. The van der Waals surface area contributed by atoms with Crippen molar-refractivity contribution < 1.29 is 15.3 Å². The molecule has 0 aliphatic heterocycles. The monoisotopic (exact) mass is 239 g/mol. The van der Waals surface area contributed by atoms with Gasteiger partial charge in [-0.1, -0.05) is 26.0 Å². The van der Waals surface area contributed by atoms with E-state index < -0.39 is 12.2 Å². The number of nitrogen functional groups attached to an aromatic ring is 1. The van der Waals surface area contributed by atoms with Gasteiger partial charge in [-0.15, -0.1) is 0 Å². The van der Waals surface area contributed by atoms with Crippen LogP contribution in [0.5, 0.6) is 0 Å². The second-order valence-electron chi connectivity index (χ2n) is 4.57. The summed E-state index contributed by atoms with van der Waals surface area (Å²) in [6, 6.07) is 5.46. The highest BCUT2D eigenvalue weighted by molar-refractivity contribution is 5.50. The molecule has 0 aliphatic rings. The molecule has 0 radical (unpaired) electrons. The van der Waals surface area contributed by atoms with E-state index in [0.717, 1.165) is 5.56 Å². The number of benzene rings is 1. The molecule has 2 atom stereocenters. The Labute approximate surface area is 102 Å². The van der Waals surface area contributed by atoms with Gasteiger partial charge < -0.3 is 21.1 Å². The minimum absolute atomic E-state index is 0.131. The molecule has 0 saturated heterocycles. The number of aliphatic hydroxyl groups excluding tert-OH is 3. The molecular formula is C13H21NO3. The van der Waals surface area contributed by atoms with E-state index in [4.69, 9.17) is 10.8 Å². The van der Waals surface area contributed by atoms with Gasteiger partial charge in [0.15, 0.2) is 0 Å². The van der Waals surface area contributed by atoms with Crippen LogP contribution in [0.25, 0.3) is 0 Å². The molecule has 0 bridgehead atoms. The Morgan fingerprint density at radius 3 is 2.41 bits per heavy atom. The van der Waals surface area contributed by atoms with Crippen molar-refractivity contribution in [2.45, 2.75) is 38.4 Å². The third kappa shape index (κ3) is 3.43.